The number of hydrogen-bond donors (Lipinski definition) is 1. The van der Waals surface area contributed by atoms with Crippen LogP contribution in [0.25, 0.3) is 0 Å². The van der Waals surface area contributed by atoms with Gasteiger partial charge in [-0.15, -0.1) is 0 Å². The predicted molar refractivity (Wildman–Crippen MR) is 94.9 cm³/mol. The molecule has 1 aromatic carbocycles. The highest BCUT2D eigenvalue weighted by Crippen LogP contribution is 2.16. The standard InChI is InChI=1S/C17H23N3O4S/c1-5-13-6-8-14(9-7-13)18-17(21)12(4)25(22,23)10-15-19-16(11(2)3)20-24-15/h6-9,11-12H,5,10H2,1-4H3,(H,18,21). The smallest absolute Gasteiger partial charge is 0.242 e. The van der Waals surface area contributed by atoms with E-state index in [1.165, 1.54) is 6.92 Å². The number of aromatic nitrogens is 2. The molecule has 0 radical (unpaired) electrons. The summed E-state index contributed by atoms with van der Waals surface area (Å²) in [6.07, 6.45) is 0.890. The molecule has 2 aromatic rings. The van der Waals surface area contributed by atoms with Crippen LogP contribution in [-0.2, 0) is 26.8 Å². The molecule has 1 atom stereocenters. The quantitative estimate of drug-likeness (QED) is 0.809. The SMILES string of the molecule is CCc1ccc(NC(=O)C(C)S(=O)(=O)Cc2nc(C(C)C)no2)cc1. The summed E-state index contributed by atoms with van der Waals surface area (Å²) in [5.74, 6) is -0.579. The summed E-state index contributed by atoms with van der Waals surface area (Å²) >= 11 is 0. The van der Waals surface area contributed by atoms with Crippen molar-refractivity contribution >= 4 is 21.4 Å². The number of benzene rings is 1. The molecule has 2 rings (SSSR count). The summed E-state index contributed by atoms with van der Waals surface area (Å²) in [7, 11) is -3.77. The molecule has 0 fully saturated rings. The summed E-state index contributed by atoms with van der Waals surface area (Å²) < 4.78 is 29.8. The maximum Gasteiger partial charge on any atom is 0.242 e. The fourth-order valence-electron chi connectivity index (χ4n) is 2.09. The number of nitrogens with zero attached hydrogens (tertiary/aromatic N) is 2. The maximum absolute atomic E-state index is 12.4. The number of carbonyl (C=O) groups is 1. The molecule has 1 aromatic heterocycles. The van der Waals surface area contributed by atoms with Gasteiger partial charge in [0.15, 0.2) is 15.7 Å². The van der Waals surface area contributed by atoms with Crippen molar-refractivity contribution in [1.29, 1.82) is 0 Å². The van der Waals surface area contributed by atoms with Gasteiger partial charge in [-0.25, -0.2) is 8.42 Å². The van der Waals surface area contributed by atoms with Gasteiger partial charge in [0.1, 0.15) is 11.0 Å². The van der Waals surface area contributed by atoms with E-state index in [0.717, 1.165) is 12.0 Å². The van der Waals surface area contributed by atoms with Crippen molar-refractivity contribution in [3.05, 3.63) is 41.5 Å². The molecule has 1 unspecified atom stereocenters. The van der Waals surface area contributed by atoms with E-state index in [4.69, 9.17) is 4.52 Å². The van der Waals surface area contributed by atoms with E-state index >= 15 is 0 Å². The first-order valence-corrected chi connectivity index (χ1v) is 9.88. The average Bonchev–Trinajstić information content (AvgIpc) is 3.02. The van der Waals surface area contributed by atoms with Crippen LogP contribution in [0.1, 0.15) is 50.9 Å². The Bertz CT molecular complexity index is 826. The lowest BCUT2D eigenvalue weighted by atomic mass is 10.1. The summed E-state index contributed by atoms with van der Waals surface area (Å²) in [5, 5.41) is 5.13. The molecule has 0 saturated heterocycles. The van der Waals surface area contributed by atoms with E-state index < -0.39 is 26.7 Å². The predicted octanol–water partition coefficient (Wildman–Crippen LogP) is 2.70. The molecule has 0 saturated carbocycles. The molecule has 136 valence electrons. The minimum absolute atomic E-state index is 0.00403. The molecule has 8 heteroatoms. The Morgan fingerprint density at radius 2 is 1.84 bits per heavy atom. The van der Waals surface area contributed by atoms with Crippen molar-refractivity contribution in [3.63, 3.8) is 0 Å². The molecule has 1 N–H and O–H groups in total. The van der Waals surface area contributed by atoms with E-state index in [0.29, 0.717) is 11.5 Å². The van der Waals surface area contributed by atoms with Crippen LogP contribution in [0.3, 0.4) is 0 Å². The summed E-state index contributed by atoms with van der Waals surface area (Å²) in [6.45, 7) is 7.14. The number of carbonyl (C=O) groups excluding carboxylic acids is 1. The largest absolute Gasteiger partial charge is 0.338 e. The van der Waals surface area contributed by atoms with Gasteiger partial charge in [0, 0.05) is 11.6 Å². The van der Waals surface area contributed by atoms with Gasteiger partial charge in [0.2, 0.25) is 11.8 Å². The van der Waals surface area contributed by atoms with Gasteiger partial charge >= 0.3 is 0 Å². The molecule has 0 spiro atoms. The first kappa shape index (κ1) is 19.1. The first-order chi connectivity index (χ1) is 11.7. The highest BCUT2D eigenvalue weighted by atomic mass is 32.2. The minimum atomic E-state index is -3.77. The van der Waals surface area contributed by atoms with Crippen LogP contribution in [0.2, 0.25) is 0 Å². The number of aryl methyl sites for hydroxylation is 1. The Labute approximate surface area is 147 Å². The zero-order chi connectivity index (χ0) is 18.6. The second kappa shape index (κ2) is 7.77. The Hall–Kier alpha value is -2.22. The van der Waals surface area contributed by atoms with Gasteiger partial charge in [-0.3, -0.25) is 4.79 Å². The molecular weight excluding hydrogens is 342 g/mol. The van der Waals surface area contributed by atoms with Crippen LogP contribution in [0.5, 0.6) is 0 Å². The highest BCUT2D eigenvalue weighted by molar-refractivity contribution is 7.92. The average molecular weight is 365 g/mol. The fourth-order valence-corrected chi connectivity index (χ4v) is 3.19. The van der Waals surface area contributed by atoms with Crippen molar-refractivity contribution < 1.29 is 17.7 Å². The van der Waals surface area contributed by atoms with Gasteiger partial charge in [0.25, 0.3) is 0 Å². The van der Waals surface area contributed by atoms with Crippen molar-refractivity contribution in [3.8, 4) is 0 Å². The molecule has 1 heterocycles. The summed E-state index contributed by atoms with van der Waals surface area (Å²) in [6, 6.07) is 7.29. The number of sulfone groups is 1. The van der Waals surface area contributed by atoms with Gasteiger partial charge in [-0.1, -0.05) is 38.1 Å². The van der Waals surface area contributed by atoms with E-state index in [1.54, 1.807) is 12.1 Å². The number of nitrogens with one attached hydrogen (secondary N) is 1. The maximum atomic E-state index is 12.4. The molecule has 1 amide bonds. The first-order valence-electron chi connectivity index (χ1n) is 8.16. The number of hydrogen-bond acceptors (Lipinski definition) is 6. The summed E-state index contributed by atoms with van der Waals surface area (Å²) in [5.41, 5.74) is 1.69. The van der Waals surface area contributed by atoms with Crippen molar-refractivity contribution in [1.82, 2.24) is 10.1 Å². The van der Waals surface area contributed by atoms with Gasteiger partial charge < -0.3 is 9.84 Å². The molecule has 25 heavy (non-hydrogen) atoms. The van der Waals surface area contributed by atoms with Crippen LogP contribution in [0, 0.1) is 0 Å². The van der Waals surface area contributed by atoms with Gasteiger partial charge in [0.05, 0.1) is 0 Å². The van der Waals surface area contributed by atoms with Gasteiger partial charge in [-0.05, 0) is 31.0 Å². The molecule has 0 aliphatic heterocycles. The monoisotopic (exact) mass is 365 g/mol. The van der Waals surface area contributed by atoms with Crippen molar-refractivity contribution in [2.45, 2.75) is 51.0 Å². The molecule has 0 aliphatic carbocycles. The fraction of sp³-hybridized carbons (Fsp3) is 0.471. The van der Waals surface area contributed by atoms with Crippen molar-refractivity contribution in [2.24, 2.45) is 0 Å². The lowest BCUT2D eigenvalue weighted by Gasteiger charge is -2.12. The Balaban J connectivity index is 2.05. The molecule has 0 aliphatic rings. The second-order valence-corrected chi connectivity index (χ2v) is 8.51. The topological polar surface area (TPSA) is 102 Å². The molecule has 7 nitrogen and oxygen atoms in total. The third-order valence-corrected chi connectivity index (χ3v) is 5.80. The van der Waals surface area contributed by atoms with Crippen LogP contribution >= 0.6 is 0 Å². The molecular formula is C17H23N3O4S. The normalized spacial score (nSPS) is 13.0. The number of rotatable bonds is 7. The Kier molecular flexibility index (Phi) is 5.94. The third-order valence-electron chi connectivity index (χ3n) is 3.86. The van der Waals surface area contributed by atoms with Crippen LogP contribution in [-0.4, -0.2) is 29.7 Å². The second-order valence-electron chi connectivity index (χ2n) is 6.19. The highest BCUT2D eigenvalue weighted by Gasteiger charge is 2.30. The van der Waals surface area contributed by atoms with Gasteiger partial charge in [-0.2, -0.15) is 4.98 Å². The van der Waals surface area contributed by atoms with E-state index in [1.807, 2.05) is 32.9 Å². The van der Waals surface area contributed by atoms with E-state index in [9.17, 15) is 13.2 Å². The number of amides is 1. The zero-order valence-electron chi connectivity index (χ0n) is 14.8. The van der Waals surface area contributed by atoms with Crippen molar-refractivity contribution in [2.75, 3.05) is 5.32 Å². The zero-order valence-corrected chi connectivity index (χ0v) is 15.6. The lowest BCUT2D eigenvalue weighted by molar-refractivity contribution is -0.115. The lowest BCUT2D eigenvalue weighted by Crippen LogP contribution is -2.33. The third kappa shape index (κ3) is 4.88. The summed E-state index contributed by atoms with van der Waals surface area (Å²) in [4.78, 5) is 16.3. The Morgan fingerprint density at radius 3 is 2.36 bits per heavy atom. The van der Waals surface area contributed by atoms with Crippen LogP contribution < -0.4 is 5.32 Å². The van der Waals surface area contributed by atoms with E-state index in [-0.39, 0.29) is 11.8 Å². The number of anilines is 1. The minimum Gasteiger partial charge on any atom is -0.338 e. The van der Waals surface area contributed by atoms with E-state index in [2.05, 4.69) is 15.5 Å². The molecule has 0 bridgehead atoms. The van der Waals surface area contributed by atoms with Crippen LogP contribution in [0.4, 0.5) is 5.69 Å². The van der Waals surface area contributed by atoms with Crippen LogP contribution in [0.15, 0.2) is 28.8 Å². The Morgan fingerprint density at radius 1 is 1.20 bits per heavy atom.